The smallest absolute Gasteiger partial charge is 0.255 e. The fourth-order valence-corrected chi connectivity index (χ4v) is 2.16. The molecule has 2 N–H and O–H groups in total. The van der Waals surface area contributed by atoms with E-state index in [1.165, 1.54) is 19.1 Å². The van der Waals surface area contributed by atoms with Gasteiger partial charge in [-0.1, -0.05) is 11.6 Å². The number of sulfonamides is 1. The van der Waals surface area contributed by atoms with Crippen LogP contribution in [0.3, 0.4) is 0 Å². The molecule has 0 radical (unpaired) electrons. The Bertz CT molecular complexity index is 621. The number of hydrogen-bond donors (Lipinski definition) is 1. The van der Waals surface area contributed by atoms with Gasteiger partial charge in [-0.25, -0.2) is 17.9 Å². The lowest BCUT2D eigenvalue weighted by atomic mass is 10.2. The van der Waals surface area contributed by atoms with Crippen molar-refractivity contribution >= 4 is 27.5 Å². The Morgan fingerprint density at radius 1 is 1.50 bits per heavy atom. The molecule has 112 valence electrons. The van der Waals surface area contributed by atoms with E-state index in [2.05, 4.69) is 0 Å². The number of amides is 1. The molecule has 0 aliphatic heterocycles. The van der Waals surface area contributed by atoms with Gasteiger partial charge in [-0.15, -0.1) is 0 Å². The highest BCUT2D eigenvalue weighted by Gasteiger charge is 2.22. The van der Waals surface area contributed by atoms with Gasteiger partial charge in [0.15, 0.2) is 0 Å². The molecular formula is C11H14ClFN2O4S. The minimum atomic E-state index is -4.13. The Balaban J connectivity index is 3.24. The number of rotatable bonds is 5. The highest BCUT2D eigenvalue weighted by molar-refractivity contribution is 7.89. The molecule has 0 saturated heterocycles. The third kappa shape index (κ3) is 3.89. The molecule has 0 spiro atoms. The van der Waals surface area contributed by atoms with Crippen molar-refractivity contribution in [1.29, 1.82) is 0 Å². The van der Waals surface area contributed by atoms with Crippen LogP contribution >= 0.6 is 11.6 Å². The molecule has 0 aliphatic carbocycles. The van der Waals surface area contributed by atoms with Gasteiger partial charge < -0.3 is 9.64 Å². The van der Waals surface area contributed by atoms with Crippen LogP contribution in [0, 0.1) is 5.82 Å². The van der Waals surface area contributed by atoms with Gasteiger partial charge in [0.05, 0.1) is 22.1 Å². The van der Waals surface area contributed by atoms with Gasteiger partial charge in [0, 0.05) is 20.7 Å². The van der Waals surface area contributed by atoms with E-state index < -0.39 is 31.7 Å². The number of carbonyl (C=O) groups is 1. The first-order chi connectivity index (χ1) is 9.18. The van der Waals surface area contributed by atoms with Gasteiger partial charge in [-0.05, 0) is 12.1 Å². The number of benzene rings is 1. The second-order valence-electron chi connectivity index (χ2n) is 4.03. The first-order valence-corrected chi connectivity index (χ1v) is 7.37. The second-order valence-corrected chi connectivity index (χ2v) is 5.97. The van der Waals surface area contributed by atoms with Gasteiger partial charge >= 0.3 is 0 Å². The summed E-state index contributed by atoms with van der Waals surface area (Å²) in [6.07, 6.45) is 0. The Kier molecular flexibility index (Phi) is 5.46. The van der Waals surface area contributed by atoms with Crippen LogP contribution in [0.15, 0.2) is 17.0 Å². The number of nitrogens with zero attached hydrogens (tertiary/aromatic N) is 1. The predicted octanol–water partition coefficient (Wildman–Crippen LogP) is 0.845. The standard InChI is InChI=1S/C11H14ClFN2O4S/c1-15(3-4-19-2)11(16)8-5-7(20(14,17)18)6-9(13)10(8)12/h5-6H,3-4H2,1-2H3,(H2,14,17,18). The number of nitrogens with two attached hydrogens (primary N) is 1. The Hall–Kier alpha value is -1.22. The SMILES string of the molecule is COCCN(C)C(=O)c1cc(S(N)(=O)=O)cc(F)c1Cl. The highest BCUT2D eigenvalue weighted by Crippen LogP contribution is 2.25. The van der Waals surface area contributed by atoms with Crippen molar-refractivity contribution in [1.82, 2.24) is 4.90 Å². The summed E-state index contributed by atoms with van der Waals surface area (Å²) in [5.41, 5.74) is -0.269. The van der Waals surface area contributed by atoms with Crippen molar-refractivity contribution in [3.8, 4) is 0 Å². The van der Waals surface area contributed by atoms with Crippen LogP contribution in [0.25, 0.3) is 0 Å². The minimum Gasteiger partial charge on any atom is -0.383 e. The third-order valence-electron chi connectivity index (χ3n) is 2.54. The summed E-state index contributed by atoms with van der Waals surface area (Å²) >= 11 is 5.70. The van der Waals surface area contributed by atoms with E-state index >= 15 is 0 Å². The zero-order chi connectivity index (χ0) is 15.5. The lowest BCUT2D eigenvalue weighted by molar-refractivity contribution is 0.0743. The fourth-order valence-electron chi connectivity index (χ4n) is 1.42. The fraction of sp³-hybridized carbons (Fsp3) is 0.364. The topological polar surface area (TPSA) is 89.7 Å². The van der Waals surface area contributed by atoms with Crippen molar-refractivity contribution < 1.29 is 22.3 Å². The zero-order valence-electron chi connectivity index (χ0n) is 10.9. The van der Waals surface area contributed by atoms with Crippen LogP contribution in [0.4, 0.5) is 4.39 Å². The van der Waals surface area contributed by atoms with Gasteiger partial charge in [-0.3, -0.25) is 4.79 Å². The molecular weight excluding hydrogens is 311 g/mol. The van der Waals surface area contributed by atoms with Gasteiger partial charge in [0.25, 0.3) is 5.91 Å². The highest BCUT2D eigenvalue weighted by atomic mass is 35.5. The molecule has 0 atom stereocenters. The van der Waals surface area contributed by atoms with Crippen molar-refractivity contribution in [3.05, 3.63) is 28.5 Å². The molecule has 1 amide bonds. The molecule has 0 saturated carbocycles. The summed E-state index contributed by atoms with van der Waals surface area (Å²) in [5.74, 6) is -1.65. The number of hydrogen-bond acceptors (Lipinski definition) is 4. The lowest BCUT2D eigenvalue weighted by Crippen LogP contribution is -2.30. The van der Waals surface area contributed by atoms with E-state index in [4.69, 9.17) is 21.5 Å². The quantitative estimate of drug-likeness (QED) is 0.869. The first-order valence-electron chi connectivity index (χ1n) is 5.44. The molecule has 0 aliphatic rings. The third-order valence-corrected chi connectivity index (χ3v) is 3.82. The monoisotopic (exact) mass is 324 g/mol. The maximum absolute atomic E-state index is 13.6. The summed E-state index contributed by atoms with van der Waals surface area (Å²) in [5, 5.41) is 4.47. The van der Waals surface area contributed by atoms with E-state index in [0.717, 1.165) is 6.07 Å². The summed E-state index contributed by atoms with van der Waals surface area (Å²) in [6.45, 7) is 0.518. The van der Waals surface area contributed by atoms with E-state index in [9.17, 15) is 17.6 Å². The summed E-state index contributed by atoms with van der Waals surface area (Å²) < 4.78 is 40.9. The molecule has 1 rings (SSSR count). The predicted molar refractivity (Wildman–Crippen MR) is 71.6 cm³/mol. The molecule has 0 aromatic heterocycles. The summed E-state index contributed by atoms with van der Waals surface area (Å²) in [7, 11) is -1.21. The van der Waals surface area contributed by atoms with Crippen LogP contribution in [0.2, 0.25) is 5.02 Å². The van der Waals surface area contributed by atoms with Gasteiger partial charge in [0.1, 0.15) is 5.82 Å². The number of methoxy groups -OCH3 is 1. The molecule has 9 heteroatoms. The normalized spacial score (nSPS) is 11.4. The van der Waals surface area contributed by atoms with Gasteiger partial charge in [0.2, 0.25) is 10.0 Å². The van der Waals surface area contributed by atoms with E-state index in [0.29, 0.717) is 6.07 Å². The van der Waals surface area contributed by atoms with Gasteiger partial charge in [-0.2, -0.15) is 0 Å². The molecule has 6 nitrogen and oxygen atoms in total. The number of ether oxygens (including phenoxy) is 1. The van der Waals surface area contributed by atoms with Crippen molar-refractivity contribution in [3.63, 3.8) is 0 Å². The number of carbonyl (C=O) groups excluding carboxylic acids is 1. The second kappa shape index (κ2) is 6.49. The van der Waals surface area contributed by atoms with E-state index in [1.807, 2.05) is 0 Å². The number of halogens is 2. The van der Waals surface area contributed by atoms with Crippen LogP contribution in [-0.2, 0) is 14.8 Å². The lowest BCUT2D eigenvalue weighted by Gasteiger charge is -2.18. The maximum Gasteiger partial charge on any atom is 0.255 e. The number of likely N-dealkylation sites (N-methyl/N-ethyl adjacent to an activating group) is 1. The molecule has 0 unspecified atom stereocenters. The Morgan fingerprint density at radius 3 is 2.60 bits per heavy atom. The van der Waals surface area contributed by atoms with Crippen LogP contribution < -0.4 is 5.14 Å². The largest absolute Gasteiger partial charge is 0.383 e. The van der Waals surface area contributed by atoms with Crippen molar-refractivity contribution in [2.75, 3.05) is 27.3 Å². The van der Waals surface area contributed by atoms with Crippen LogP contribution in [0.1, 0.15) is 10.4 Å². The van der Waals surface area contributed by atoms with E-state index in [1.54, 1.807) is 0 Å². The molecule has 0 heterocycles. The molecule has 0 fully saturated rings. The van der Waals surface area contributed by atoms with E-state index in [-0.39, 0.29) is 18.7 Å². The molecule has 1 aromatic carbocycles. The molecule has 1 aromatic rings. The minimum absolute atomic E-state index is 0.243. The molecule has 20 heavy (non-hydrogen) atoms. The maximum atomic E-state index is 13.6. The summed E-state index contributed by atoms with van der Waals surface area (Å²) in [4.78, 5) is 12.8. The van der Waals surface area contributed by atoms with Crippen molar-refractivity contribution in [2.45, 2.75) is 4.90 Å². The zero-order valence-corrected chi connectivity index (χ0v) is 12.5. The average Bonchev–Trinajstić information content (AvgIpc) is 2.36. The first kappa shape index (κ1) is 16.8. The molecule has 0 bridgehead atoms. The number of primary sulfonamides is 1. The van der Waals surface area contributed by atoms with Crippen molar-refractivity contribution in [2.24, 2.45) is 5.14 Å². The Morgan fingerprint density at radius 2 is 2.10 bits per heavy atom. The summed E-state index contributed by atoms with van der Waals surface area (Å²) in [6, 6.07) is 1.62. The Labute approximate surface area is 121 Å². The van der Waals surface area contributed by atoms with Crippen LogP contribution in [0.5, 0.6) is 0 Å². The van der Waals surface area contributed by atoms with Crippen LogP contribution in [-0.4, -0.2) is 46.5 Å². The average molecular weight is 325 g/mol.